The molecule has 0 amide bonds. The molecule has 6 heteroatoms. The van der Waals surface area contributed by atoms with Crippen LogP contribution in [0.15, 0.2) is 29.1 Å². The lowest BCUT2D eigenvalue weighted by Crippen LogP contribution is -2.16. The second-order valence-electron chi connectivity index (χ2n) is 4.32. The van der Waals surface area contributed by atoms with Crippen molar-refractivity contribution < 1.29 is 9.90 Å². The predicted molar refractivity (Wildman–Crippen MR) is 71.7 cm³/mol. The molecule has 5 nitrogen and oxygen atoms in total. The molecule has 0 aliphatic rings. The first-order valence-electron chi connectivity index (χ1n) is 5.73. The van der Waals surface area contributed by atoms with Crippen LogP contribution in [0.1, 0.15) is 29.2 Å². The van der Waals surface area contributed by atoms with Crippen molar-refractivity contribution in [2.24, 2.45) is 0 Å². The third-order valence-corrected chi connectivity index (χ3v) is 3.26. The summed E-state index contributed by atoms with van der Waals surface area (Å²) < 4.78 is 0. The van der Waals surface area contributed by atoms with Crippen LogP contribution in [-0.4, -0.2) is 21.3 Å². The summed E-state index contributed by atoms with van der Waals surface area (Å²) in [6.07, 6.45) is -0.149. The van der Waals surface area contributed by atoms with Gasteiger partial charge in [-0.3, -0.25) is 14.7 Å². The monoisotopic (exact) mass is 280 g/mol. The molecular formula is C13H13ClN2O3. The lowest BCUT2D eigenvalue weighted by molar-refractivity contribution is -0.137. The van der Waals surface area contributed by atoms with Gasteiger partial charge in [0.2, 0.25) is 0 Å². The molecule has 2 rings (SSSR count). The Morgan fingerprint density at radius 1 is 1.32 bits per heavy atom. The number of aromatic amines is 2. The minimum absolute atomic E-state index is 0.149. The number of carboxylic acids is 1. The van der Waals surface area contributed by atoms with Gasteiger partial charge in [0.15, 0.2) is 0 Å². The van der Waals surface area contributed by atoms with Crippen molar-refractivity contribution in [2.45, 2.75) is 19.3 Å². The average molecular weight is 281 g/mol. The molecule has 1 unspecified atom stereocenters. The summed E-state index contributed by atoms with van der Waals surface area (Å²) in [4.78, 5) is 22.8. The number of carboxylic acid groups (broad SMARTS) is 1. The van der Waals surface area contributed by atoms with Gasteiger partial charge in [0, 0.05) is 22.2 Å². The van der Waals surface area contributed by atoms with E-state index in [-0.39, 0.29) is 12.0 Å². The van der Waals surface area contributed by atoms with Crippen LogP contribution >= 0.6 is 11.6 Å². The van der Waals surface area contributed by atoms with Crippen LogP contribution in [0.5, 0.6) is 0 Å². The van der Waals surface area contributed by atoms with E-state index in [0.717, 1.165) is 5.56 Å². The van der Waals surface area contributed by atoms with Gasteiger partial charge in [0.1, 0.15) is 0 Å². The topological polar surface area (TPSA) is 86.0 Å². The Morgan fingerprint density at radius 3 is 2.42 bits per heavy atom. The zero-order chi connectivity index (χ0) is 14.0. The van der Waals surface area contributed by atoms with Gasteiger partial charge in [-0.15, -0.1) is 0 Å². The number of halogens is 1. The van der Waals surface area contributed by atoms with E-state index >= 15 is 0 Å². The smallest absolute Gasteiger partial charge is 0.304 e. The number of aliphatic carboxylic acids is 1. The van der Waals surface area contributed by atoms with Crippen molar-refractivity contribution in [3.05, 3.63) is 56.5 Å². The van der Waals surface area contributed by atoms with Gasteiger partial charge in [-0.1, -0.05) is 23.7 Å². The highest BCUT2D eigenvalue weighted by Crippen LogP contribution is 2.28. The first-order chi connectivity index (χ1) is 8.99. The quantitative estimate of drug-likeness (QED) is 0.803. The molecule has 0 radical (unpaired) electrons. The van der Waals surface area contributed by atoms with Crippen molar-refractivity contribution in [3.63, 3.8) is 0 Å². The van der Waals surface area contributed by atoms with Crippen molar-refractivity contribution in [2.75, 3.05) is 0 Å². The third-order valence-electron chi connectivity index (χ3n) is 3.01. The Hall–Kier alpha value is -2.01. The van der Waals surface area contributed by atoms with Crippen LogP contribution in [0.4, 0.5) is 0 Å². The minimum Gasteiger partial charge on any atom is -0.481 e. The van der Waals surface area contributed by atoms with Crippen LogP contribution in [0.25, 0.3) is 0 Å². The number of nitrogens with one attached hydrogen (secondary N) is 2. The fraction of sp³-hybridized carbons (Fsp3) is 0.231. The molecule has 100 valence electrons. The molecule has 0 saturated heterocycles. The van der Waals surface area contributed by atoms with Crippen LogP contribution in [0.3, 0.4) is 0 Å². The summed E-state index contributed by atoms with van der Waals surface area (Å²) in [6, 6.07) is 6.84. The van der Waals surface area contributed by atoms with E-state index in [4.69, 9.17) is 16.7 Å². The second-order valence-corrected chi connectivity index (χ2v) is 4.76. The molecule has 0 fully saturated rings. The predicted octanol–water partition coefficient (Wildman–Crippen LogP) is 2.27. The minimum atomic E-state index is -0.958. The molecule has 0 aliphatic carbocycles. The number of aryl methyl sites for hydroxylation is 1. The number of rotatable bonds is 4. The summed E-state index contributed by atoms with van der Waals surface area (Å²) in [5.41, 5.74) is 1.55. The third kappa shape index (κ3) is 2.88. The van der Waals surface area contributed by atoms with E-state index in [9.17, 15) is 9.59 Å². The Kier molecular flexibility index (Phi) is 3.76. The number of benzene rings is 1. The van der Waals surface area contributed by atoms with Gasteiger partial charge in [0.05, 0.1) is 6.42 Å². The van der Waals surface area contributed by atoms with Crippen LogP contribution < -0.4 is 5.56 Å². The van der Waals surface area contributed by atoms with Crippen molar-refractivity contribution in [1.82, 2.24) is 10.2 Å². The first-order valence-corrected chi connectivity index (χ1v) is 6.11. The maximum Gasteiger partial charge on any atom is 0.304 e. The highest BCUT2D eigenvalue weighted by atomic mass is 35.5. The number of hydrogen-bond acceptors (Lipinski definition) is 2. The highest BCUT2D eigenvalue weighted by molar-refractivity contribution is 6.30. The van der Waals surface area contributed by atoms with Crippen molar-refractivity contribution >= 4 is 17.6 Å². The summed E-state index contributed by atoms with van der Waals surface area (Å²) in [5, 5.41) is 14.8. The molecule has 19 heavy (non-hydrogen) atoms. The fourth-order valence-corrected chi connectivity index (χ4v) is 2.26. The van der Waals surface area contributed by atoms with Gasteiger partial charge in [-0.2, -0.15) is 0 Å². The Labute approximate surface area is 114 Å². The molecule has 0 aliphatic heterocycles. The number of hydrogen-bond donors (Lipinski definition) is 3. The molecule has 1 aromatic carbocycles. The SMILES string of the molecule is Cc1[nH][nH]c(=O)c1C(CC(=O)O)c1ccc(Cl)cc1. The van der Waals surface area contributed by atoms with Gasteiger partial charge in [0.25, 0.3) is 5.56 Å². The average Bonchev–Trinajstić information content (AvgIpc) is 2.67. The molecular weight excluding hydrogens is 268 g/mol. The molecule has 1 aromatic heterocycles. The first kappa shape index (κ1) is 13.4. The molecule has 1 atom stereocenters. The van der Waals surface area contributed by atoms with Crippen LogP contribution in [-0.2, 0) is 4.79 Å². The van der Waals surface area contributed by atoms with Crippen molar-refractivity contribution in [1.29, 1.82) is 0 Å². The van der Waals surface area contributed by atoms with E-state index in [1.54, 1.807) is 31.2 Å². The Morgan fingerprint density at radius 2 is 1.95 bits per heavy atom. The molecule has 2 aromatic rings. The molecule has 0 spiro atoms. The maximum atomic E-state index is 11.8. The van der Waals surface area contributed by atoms with Crippen LogP contribution in [0, 0.1) is 6.92 Å². The largest absolute Gasteiger partial charge is 0.481 e. The zero-order valence-electron chi connectivity index (χ0n) is 10.2. The van der Waals surface area contributed by atoms with E-state index in [1.807, 2.05) is 0 Å². The number of carbonyl (C=O) groups is 1. The summed E-state index contributed by atoms with van der Waals surface area (Å²) >= 11 is 5.82. The summed E-state index contributed by atoms with van der Waals surface area (Å²) in [7, 11) is 0. The Bertz CT molecular complexity index is 643. The normalized spacial score (nSPS) is 12.3. The lowest BCUT2D eigenvalue weighted by Gasteiger charge is -2.14. The van der Waals surface area contributed by atoms with Crippen molar-refractivity contribution in [3.8, 4) is 0 Å². The van der Waals surface area contributed by atoms with Gasteiger partial charge in [-0.05, 0) is 24.6 Å². The number of aromatic nitrogens is 2. The zero-order valence-corrected chi connectivity index (χ0v) is 11.0. The van der Waals surface area contributed by atoms with Gasteiger partial charge in [-0.25, -0.2) is 0 Å². The Balaban J connectivity index is 2.50. The van der Waals surface area contributed by atoms with Gasteiger partial charge >= 0.3 is 5.97 Å². The summed E-state index contributed by atoms with van der Waals surface area (Å²) in [5.74, 6) is -1.45. The molecule has 3 N–H and O–H groups in total. The van der Waals surface area contributed by atoms with Crippen LogP contribution in [0.2, 0.25) is 5.02 Å². The maximum absolute atomic E-state index is 11.8. The second kappa shape index (κ2) is 5.32. The van der Waals surface area contributed by atoms with E-state index in [2.05, 4.69) is 10.2 Å². The van der Waals surface area contributed by atoms with E-state index in [1.165, 1.54) is 0 Å². The number of H-pyrrole nitrogens is 2. The van der Waals surface area contributed by atoms with E-state index < -0.39 is 11.9 Å². The fourth-order valence-electron chi connectivity index (χ4n) is 2.13. The summed E-state index contributed by atoms with van der Waals surface area (Å²) in [6.45, 7) is 1.73. The molecule has 0 saturated carbocycles. The van der Waals surface area contributed by atoms with Gasteiger partial charge < -0.3 is 10.2 Å². The molecule has 0 bridgehead atoms. The lowest BCUT2D eigenvalue weighted by atomic mass is 9.89. The highest BCUT2D eigenvalue weighted by Gasteiger charge is 2.23. The standard InChI is InChI=1S/C13H13ClN2O3/c1-7-12(13(19)16-15-7)10(6-11(17)18)8-2-4-9(14)5-3-8/h2-5,10H,6H2,1H3,(H,17,18)(H2,15,16,19). The van der Waals surface area contributed by atoms with E-state index in [0.29, 0.717) is 16.3 Å². The molecule has 1 heterocycles.